The van der Waals surface area contributed by atoms with Crippen molar-refractivity contribution in [2.24, 2.45) is 0 Å². The van der Waals surface area contributed by atoms with E-state index in [4.69, 9.17) is 0 Å². The van der Waals surface area contributed by atoms with Crippen LogP contribution in [-0.2, 0) is 0 Å². The Kier molecular flexibility index (Phi) is 5.22. The van der Waals surface area contributed by atoms with Gasteiger partial charge in [-0.05, 0) is 71.8 Å². The maximum Gasteiger partial charge on any atom is 0.101 e. The SMILES string of the molecule is N#Cc1cccc(C#N)c1-n1c2ccccc2c2cc(-c3ccc4c(c3)c3ccccc3n4-c3ccccc3)ccc21. The van der Waals surface area contributed by atoms with Gasteiger partial charge in [-0.3, -0.25) is 0 Å². The molecule has 4 nitrogen and oxygen atoms in total. The smallest absolute Gasteiger partial charge is 0.101 e. The van der Waals surface area contributed by atoms with Crippen molar-refractivity contribution >= 4 is 43.6 Å². The Bertz CT molecular complexity index is 2400. The summed E-state index contributed by atoms with van der Waals surface area (Å²) in [5.74, 6) is 0. The van der Waals surface area contributed by atoms with Crippen LogP contribution in [-0.4, -0.2) is 9.13 Å². The molecule has 0 atom stereocenters. The predicted octanol–water partition coefficient (Wildman–Crippen LogP) is 9.29. The third-order valence-corrected chi connectivity index (χ3v) is 8.19. The minimum Gasteiger partial charge on any atom is -0.309 e. The Morgan fingerprint density at radius 2 is 0.881 bits per heavy atom. The van der Waals surface area contributed by atoms with Crippen LogP contribution < -0.4 is 0 Å². The first-order valence-corrected chi connectivity index (χ1v) is 13.8. The van der Waals surface area contributed by atoms with Crippen LogP contribution in [0, 0.1) is 22.7 Å². The molecule has 2 heterocycles. The number of nitrogens with zero attached hydrogens (tertiary/aromatic N) is 4. The van der Waals surface area contributed by atoms with E-state index < -0.39 is 0 Å². The molecule has 0 aliphatic rings. The summed E-state index contributed by atoms with van der Waals surface area (Å²) in [6.45, 7) is 0. The molecular formula is C38H22N4. The van der Waals surface area contributed by atoms with Crippen molar-refractivity contribution in [2.45, 2.75) is 0 Å². The van der Waals surface area contributed by atoms with Crippen LogP contribution in [0.2, 0.25) is 0 Å². The summed E-state index contributed by atoms with van der Waals surface area (Å²) in [4.78, 5) is 0. The van der Waals surface area contributed by atoms with Gasteiger partial charge in [0.2, 0.25) is 0 Å². The molecule has 0 aliphatic carbocycles. The average Bonchev–Trinajstić information content (AvgIpc) is 3.56. The second kappa shape index (κ2) is 9.24. The quantitative estimate of drug-likeness (QED) is 0.227. The van der Waals surface area contributed by atoms with E-state index in [9.17, 15) is 10.5 Å². The summed E-state index contributed by atoms with van der Waals surface area (Å²) in [5, 5.41) is 24.4. The van der Waals surface area contributed by atoms with Crippen LogP contribution in [0.1, 0.15) is 11.1 Å². The zero-order chi connectivity index (χ0) is 28.2. The average molecular weight is 535 g/mol. The van der Waals surface area contributed by atoms with Gasteiger partial charge in [-0.2, -0.15) is 10.5 Å². The Morgan fingerprint density at radius 1 is 0.405 bits per heavy atom. The number of benzene rings is 6. The number of aromatic nitrogens is 2. The summed E-state index contributed by atoms with van der Waals surface area (Å²) in [7, 11) is 0. The number of rotatable bonds is 3. The fourth-order valence-corrected chi connectivity index (χ4v) is 6.37. The standard InChI is InChI=1S/C38H22N4/c39-23-27-9-8-10-28(24-40)38(27)42-35-16-7-5-14-31(35)33-22-26(18-20-37(33)42)25-17-19-36-32(21-25)30-13-4-6-15-34(30)41(36)29-11-2-1-3-12-29/h1-22H. The molecule has 4 heteroatoms. The first-order valence-electron chi connectivity index (χ1n) is 13.8. The molecular weight excluding hydrogens is 512 g/mol. The molecule has 0 spiro atoms. The van der Waals surface area contributed by atoms with E-state index in [1.54, 1.807) is 18.2 Å². The molecule has 0 saturated heterocycles. The van der Waals surface area contributed by atoms with E-state index in [0.717, 1.165) is 38.6 Å². The van der Waals surface area contributed by atoms with Gasteiger partial charge in [-0.15, -0.1) is 0 Å². The van der Waals surface area contributed by atoms with E-state index >= 15 is 0 Å². The Balaban J connectivity index is 1.38. The predicted molar refractivity (Wildman–Crippen MR) is 170 cm³/mol. The van der Waals surface area contributed by atoms with Gasteiger partial charge in [0.25, 0.3) is 0 Å². The van der Waals surface area contributed by atoms with Gasteiger partial charge in [-0.25, -0.2) is 0 Å². The molecule has 42 heavy (non-hydrogen) atoms. The van der Waals surface area contributed by atoms with Gasteiger partial charge in [0.15, 0.2) is 0 Å². The number of fused-ring (bicyclic) bond motifs is 6. The third-order valence-electron chi connectivity index (χ3n) is 8.19. The molecule has 0 radical (unpaired) electrons. The van der Waals surface area contributed by atoms with Gasteiger partial charge in [0.05, 0.1) is 38.9 Å². The number of hydrogen-bond donors (Lipinski definition) is 0. The highest BCUT2D eigenvalue weighted by molar-refractivity contribution is 6.12. The molecule has 8 rings (SSSR count). The lowest BCUT2D eigenvalue weighted by Crippen LogP contribution is -2.01. The lowest BCUT2D eigenvalue weighted by atomic mass is 10.0. The topological polar surface area (TPSA) is 57.4 Å². The fraction of sp³-hybridized carbons (Fsp3) is 0. The van der Waals surface area contributed by atoms with Gasteiger partial charge in [0.1, 0.15) is 12.1 Å². The molecule has 0 fully saturated rings. The highest BCUT2D eigenvalue weighted by Gasteiger charge is 2.19. The normalized spacial score (nSPS) is 11.3. The number of para-hydroxylation sites is 4. The molecule has 0 bridgehead atoms. The van der Waals surface area contributed by atoms with Crippen molar-refractivity contribution in [2.75, 3.05) is 0 Å². The van der Waals surface area contributed by atoms with Crippen LogP contribution >= 0.6 is 0 Å². The van der Waals surface area contributed by atoms with E-state index in [-0.39, 0.29) is 0 Å². The second-order valence-electron chi connectivity index (χ2n) is 10.4. The van der Waals surface area contributed by atoms with Crippen LogP contribution in [0.4, 0.5) is 0 Å². The largest absolute Gasteiger partial charge is 0.309 e. The van der Waals surface area contributed by atoms with Gasteiger partial charge < -0.3 is 9.13 Å². The van der Waals surface area contributed by atoms with Crippen LogP contribution in [0.5, 0.6) is 0 Å². The van der Waals surface area contributed by atoms with Crippen molar-refractivity contribution in [1.29, 1.82) is 10.5 Å². The molecule has 8 aromatic rings. The van der Waals surface area contributed by atoms with E-state index in [1.807, 2.05) is 18.2 Å². The maximum absolute atomic E-state index is 9.94. The number of hydrogen-bond acceptors (Lipinski definition) is 2. The van der Waals surface area contributed by atoms with Gasteiger partial charge in [0, 0.05) is 27.2 Å². The minimum atomic E-state index is 0.473. The summed E-state index contributed by atoms with van der Waals surface area (Å²) < 4.78 is 4.38. The Morgan fingerprint density at radius 3 is 1.45 bits per heavy atom. The third kappa shape index (κ3) is 3.40. The van der Waals surface area contributed by atoms with Gasteiger partial charge >= 0.3 is 0 Å². The van der Waals surface area contributed by atoms with E-state index in [0.29, 0.717) is 16.8 Å². The van der Waals surface area contributed by atoms with E-state index in [1.165, 1.54) is 21.8 Å². The molecule has 0 N–H and O–H groups in total. The van der Waals surface area contributed by atoms with Crippen molar-refractivity contribution < 1.29 is 0 Å². The monoisotopic (exact) mass is 534 g/mol. The zero-order valence-corrected chi connectivity index (χ0v) is 22.5. The fourth-order valence-electron chi connectivity index (χ4n) is 6.37. The van der Waals surface area contributed by atoms with Crippen molar-refractivity contribution in [1.82, 2.24) is 9.13 Å². The lowest BCUT2D eigenvalue weighted by molar-refractivity contribution is 1.15. The highest BCUT2D eigenvalue weighted by atomic mass is 15.0. The summed E-state index contributed by atoms with van der Waals surface area (Å²) in [6, 6.07) is 50.3. The lowest BCUT2D eigenvalue weighted by Gasteiger charge is -2.12. The summed E-state index contributed by atoms with van der Waals surface area (Å²) >= 11 is 0. The number of nitriles is 2. The zero-order valence-electron chi connectivity index (χ0n) is 22.5. The van der Waals surface area contributed by atoms with E-state index in [2.05, 4.69) is 118 Å². The van der Waals surface area contributed by atoms with Gasteiger partial charge in [-0.1, -0.05) is 72.8 Å². The molecule has 0 aliphatic heterocycles. The Hall–Kier alpha value is -6.10. The molecule has 194 valence electrons. The molecule has 0 unspecified atom stereocenters. The molecule has 6 aromatic carbocycles. The maximum atomic E-state index is 9.94. The summed E-state index contributed by atoms with van der Waals surface area (Å²) in [5.41, 5.74) is 9.22. The van der Waals surface area contributed by atoms with Crippen molar-refractivity contribution in [3.8, 4) is 34.6 Å². The minimum absolute atomic E-state index is 0.473. The Labute approximate surface area is 242 Å². The second-order valence-corrected chi connectivity index (χ2v) is 10.4. The summed E-state index contributed by atoms with van der Waals surface area (Å²) in [6.07, 6.45) is 0. The van der Waals surface area contributed by atoms with Crippen molar-refractivity contribution in [3.05, 3.63) is 145 Å². The highest BCUT2D eigenvalue weighted by Crippen LogP contribution is 2.39. The van der Waals surface area contributed by atoms with Crippen LogP contribution in [0.25, 0.3) is 66.1 Å². The first kappa shape index (κ1) is 23.8. The first-order chi connectivity index (χ1) is 20.8. The van der Waals surface area contributed by atoms with Crippen LogP contribution in [0.15, 0.2) is 133 Å². The molecule has 0 amide bonds. The molecule has 0 saturated carbocycles. The van der Waals surface area contributed by atoms with Crippen molar-refractivity contribution in [3.63, 3.8) is 0 Å². The van der Waals surface area contributed by atoms with Crippen LogP contribution in [0.3, 0.4) is 0 Å². The molecule has 2 aromatic heterocycles.